The maximum Gasteiger partial charge on any atom is 0.254 e. The number of nitrogens with zero attached hydrogens (tertiary/aromatic N) is 2. The molecule has 0 unspecified atom stereocenters. The van der Waals surface area contributed by atoms with Crippen molar-refractivity contribution in [1.82, 2.24) is 15.1 Å². The van der Waals surface area contributed by atoms with Gasteiger partial charge >= 0.3 is 0 Å². The molecule has 0 aromatic carbocycles. The highest BCUT2D eigenvalue weighted by Crippen LogP contribution is 2.18. The first-order valence-corrected chi connectivity index (χ1v) is 6.55. The maximum atomic E-state index is 12.1. The molecule has 0 radical (unpaired) electrons. The van der Waals surface area contributed by atoms with Gasteiger partial charge in [0, 0.05) is 18.3 Å². The SMILES string of the molecule is CCn1ncc(C(=O)NC2CCCCC2)c1C. The van der Waals surface area contributed by atoms with Gasteiger partial charge in [-0.2, -0.15) is 5.10 Å². The van der Waals surface area contributed by atoms with Gasteiger partial charge in [-0.3, -0.25) is 9.48 Å². The summed E-state index contributed by atoms with van der Waals surface area (Å²) in [5.74, 6) is 0.0362. The van der Waals surface area contributed by atoms with Crippen LogP contribution in [-0.2, 0) is 6.54 Å². The molecule has 0 saturated heterocycles. The molecular formula is C13H21N3O. The standard InChI is InChI=1S/C13H21N3O/c1-3-16-10(2)12(9-14-16)13(17)15-11-7-5-4-6-8-11/h9,11H,3-8H2,1-2H3,(H,15,17). The van der Waals surface area contributed by atoms with E-state index in [9.17, 15) is 4.79 Å². The summed E-state index contributed by atoms with van der Waals surface area (Å²) in [6.45, 7) is 4.79. The van der Waals surface area contributed by atoms with E-state index in [1.807, 2.05) is 18.5 Å². The Morgan fingerprint density at radius 1 is 1.47 bits per heavy atom. The molecular weight excluding hydrogens is 214 g/mol. The lowest BCUT2D eigenvalue weighted by molar-refractivity contribution is 0.0927. The molecule has 1 aromatic rings. The second-order valence-electron chi connectivity index (χ2n) is 4.77. The normalized spacial score (nSPS) is 17.1. The van der Waals surface area contributed by atoms with Gasteiger partial charge in [0.1, 0.15) is 0 Å². The fourth-order valence-electron chi connectivity index (χ4n) is 2.50. The van der Waals surface area contributed by atoms with Gasteiger partial charge in [-0.05, 0) is 26.7 Å². The molecule has 94 valence electrons. The molecule has 1 saturated carbocycles. The molecule has 0 spiro atoms. The van der Waals surface area contributed by atoms with Gasteiger partial charge in [-0.25, -0.2) is 0 Å². The van der Waals surface area contributed by atoms with Crippen molar-refractivity contribution < 1.29 is 4.79 Å². The van der Waals surface area contributed by atoms with Crippen molar-refractivity contribution in [1.29, 1.82) is 0 Å². The zero-order valence-electron chi connectivity index (χ0n) is 10.7. The second kappa shape index (κ2) is 5.34. The molecule has 4 nitrogen and oxygen atoms in total. The predicted molar refractivity (Wildman–Crippen MR) is 67.0 cm³/mol. The summed E-state index contributed by atoms with van der Waals surface area (Å²) in [7, 11) is 0. The quantitative estimate of drug-likeness (QED) is 0.873. The minimum atomic E-state index is 0.0362. The highest BCUT2D eigenvalue weighted by Gasteiger charge is 2.19. The fourth-order valence-corrected chi connectivity index (χ4v) is 2.50. The molecule has 0 bridgehead atoms. The Balaban J connectivity index is 2.01. The van der Waals surface area contributed by atoms with E-state index in [0.717, 1.165) is 30.6 Å². The molecule has 4 heteroatoms. The van der Waals surface area contributed by atoms with Crippen molar-refractivity contribution in [2.45, 2.75) is 58.5 Å². The number of rotatable bonds is 3. The van der Waals surface area contributed by atoms with Crippen LogP contribution in [0.2, 0.25) is 0 Å². The predicted octanol–water partition coefficient (Wildman–Crippen LogP) is 2.27. The summed E-state index contributed by atoms with van der Waals surface area (Å²) in [6.07, 6.45) is 7.69. The summed E-state index contributed by atoms with van der Waals surface area (Å²) < 4.78 is 1.86. The molecule has 1 aliphatic rings. The Kier molecular flexibility index (Phi) is 3.82. The molecule has 2 rings (SSSR count). The second-order valence-corrected chi connectivity index (χ2v) is 4.77. The summed E-state index contributed by atoms with van der Waals surface area (Å²) in [4.78, 5) is 12.1. The van der Waals surface area contributed by atoms with E-state index in [1.54, 1.807) is 6.20 Å². The number of carbonyl (C=O) groups is 1. The molecule has 0 aliphatic heterocycles. The largest absolute Gasteiger partial charge is 0.349 e. The third-order valence-electron chi connectivity index (χ3n) is 3.59. The minimum absolute atomic E-state index is 0.0362. The lowest BCUT2D eigenvalue weighted by Crippen LogP contribution is -2.36. The summed E-state index contributed by atoms with van der Waals surface area (Å²) in [6, 6.07) is 0.362. The highest BCUT2D eigenvalue weighted by atomic mass is 16.1. The first kappa shape index (κ1) is 12.1. The van der Waals surface area contributed by atoms with Crippen LogP contribution in [0, 0.1) is 6.92 Å². The topological polar surface area (TPSA) is 46.9 Å². The van der Waals surface area contributed by atoms with Crippen LogP contribution < -0.4 is 5.32 Å². The van der Waals surface area contributed by atoms with Crippen LogP contribution in [0.15, 0.2) is 6.20 Å². The molecule has 0 atom stereocenters. The number of nitrogens with one attached hydrogen (secondary N) is 1. The van der Waals surface area contributed by atoms with Crippen molar-refractivity contribution >= 4 is 5.91 Å². The van der Waals surface area contributed by atoms with Crippen molar-refractivity contribution in [2.75, 3.05) is 0 Å². The Morgan fingerprint density at radius 3 is 2.76 bits per heavy atom. The monoisotopic (exact) mass is 235 g/mol. The first-order chi connectivity index (χ1) is 8.22. The summed E-state index contributed by atoms with van der Waals surface area (Å²) in [5.41, 5.74) is 1.68. The smallest absolute Gasteiger partial charge is 0.254 e. The zero-order chi connectivity index (χ0) is 12.3. The fraction of sp³-hybridized carbons (Fsp3) is 0.692. The number of amides is 1. The Morgan fingerprint density at radius 2 is 2.18 bits per heavy atom. The van der Waals surface area contributed by atoms with Crippen LogP contribution in [0.25, 0.3) is 0 Å². The average Bonchev–Trinajstić information content (AvgIpc) is 2.71. The summed E-state index contributed by atoms with van der Waals surface area (Å²) >= 11 is 0. The maximum absolute atomic E-state index is 12.1. The van der Waals surface area contributed by atoms with Crippen LogP contribution >= 0.6 is 0 Å². The highest BCUT2D eigenvalue weighted by molar-refractivity contribution is 5.95. The van der Waals surface area contributed by atoms with Gasteiger partial charge in [-0.15, -0.1) is 0 Å². The van der Waals surface area contributed by atoms with Crippen LogP contribution in [0.1, 0.15) is 55.1 Å². The van der Waals surface area contributed by atoms with Gasteiger partial charge in [0.2, 0.25) is 0 Å². The number of aromatic nitrogens is 2. The van der Waals surface area contributed by atoms with Gasteiger partial charge in [0.25, 0.3) is 5.91 Å². The Labute approximate surface area is 102 Å². The molecule has 1 aliphatic carbocycles. The van der Waals surface area contributed by atoms with Crippen molar-refractivity contribution in [3.63, 3.8) is 0 Å². The number of hydrogen-bond acceptors (Lipinski definition) is 2. The van der Waals surface area contributed by atoms with Crippen molar-refractivity contribution in [3.05, 3.63) is 17.5 Å². The van der Waals surface area contributed by atoms with Crippen LogP contribution in [0.5, 0.6) is 0 Å². The van der Waals surface area contributed by atoms with Crippen molar-refractivity contribution in [3.8, 4) is 0 Å². The van der Waals surface area contributed by atoms with Gasteiger partial charge in [-0.1, -0.05) is 19.3 Å². The molecule has 1 N–H and O–H groups in total. The lowest BCUT2D eigenvalue weighted by atomic mass is 9.95. The van der Waals surface area contributed by atoms with E-state index in [4.69, 9.17) is 0 Å². The average molecular weight is 235 g/mol. The van der Waals surface area contributed by atoms with E-state index in [1.165, 1.54) is 19.3 Å². The van der Waals surface area contributed by atoms with Gasteiger partial charge in [0.15, 0.2) is 0 Å². The van der Waals surface area contributed by atoms with E-state index in [0.29, 0.717) is 6.04 Å². The van der Waals surface area contributed by atoms with Crippen LogP contribution in [0.4, 0.5) is 0 Å². The third-order valence-corrected chi connectivity index (χ3v) is 3.59. The van der Waals surface area contributed by atoms with E-state index in [-0.39, 0.29) is 5.91 Å². The minimum Gasteiger partial charge on any atom is -0.349 e. The van der Waals surface area contributed by atoms with Crippen molar-refractivity contribution in [2.24, 2.45) is 0 Å². The van der Waals surface area contributed by atoms with Gasteiger partial charge in [0.05, 0.1) is 11.8 Å². The summed E-state index contributed by atoms with van der Waals surface area (Å²) in [5, 5.41) is 7.33. The van der Waals surface area contributed by atoms with E-state index in [2.05, 4.69) is 10.4 Å². The molecule has 1 amide bonds. The third kappa shape index (κ3) is 2.68. The number of carbonyl (C=O) groups excluding carboxylic acids is 1. The van der Waals surface area contributed by atoms with E-state index >= 15 is 0 Å². The number of hydrogen-bond donors (Lipinski definition) is 1. The van der Waals surface area contributed by atoms with Crippen LogP contribution in [0.3, 0.4) is 0 Å². The molecule has 1 aromatic heterocycles. The van der Waals surface area contributed by atoms with Crippen LogP contribution in [-0.4, -0.2) is 21.7 Å². The Hall–Kier alpha value is -1.32. The first-order valence-electron chi connectivity index (χ1n) is 6.55. The van der Waals surface area contributed by atoms with E-state index < -0.39 is 0 Å². The zero-order valence-corrected chi connectivity index (χ0v) is 10.7. The molecule has 17 heavy (non-hydrogen) atoms. The molecule has 1 heterocycles. The lowest BCUT2D eigenvalue weighted by Gasteiger charge is -2.22. The van der Waals surface area contributed by atoms with Gasteiger partial charge < -0.3 is 5.32 Å². The molecule has 1 fully saturated rings. The Bertz CT molecular complexity index is 391. The number of aryl methyl sites for hydroxylation is 1.